The normalized spacial score (nSPS) is 9.47. The number of benzene rings is 1. The second-order valence-electron chi connectivity index (χ2n) is 3.22. The molecule has 1 aromatic carbocycles. The highest BCUT2D eigenvalue weighted by atomic mass is 16.4. The molecule has 5 nitrogen and oxygen atoms in total. The quantitative estimate of drug-likeness (QED) is 0.741. The number of carbonyl (C=O) groups is 2. The predicted molar refractivity (Wildman–Crippen MR) is 57.8 cm³/mol. The lowest BCUT2D eigenvalue weighted by Gasteiger charge is -2.17. The molecule has 0 atom stereocenters. The first-order valence-electron chi connectivity index (χ1n) is 4.31. The zero-order valence-corrected chi connectivity index (χ0v) is 8.52. The van der Waals surface area contributed by atoms with Gasteiger partial charge in [-0.15, -0.1) is 0 Å². The fourth-order valence-corrected chi connectivity index (χ4v) is 1.23. The molecule has 0 fully saturated rings. The summed E-state index contributed by atoms with van der Waals surface area (Å²) in [5, 5.41) is 10.9. The third-order valence-electron chi connectivity index (χ3n) is 1.88. The van der Waals surface area contributed by atoms with Gasteiger partial charge in [0.2, 0.25) is 0 Å². The Morgan fingerprint density at radius 3 is 2.60 bits per heavy atom. The van der Waals surface area contributed by atoms with Gasteiger partial charge < -0.3 is 10.0 Å². The lowest BCUT2D eigenvalue weighted by Crippen LogP contribution is -2.15. The molecule has 1 rings (SSSR count). The van der Waals surface area contributed by atoms with Crippen molar-refractivity contribution in [2.24, 2.45) is 0 Å². The van der Waals surface area contributed by atoms with Crippen molar-refractivity contribution in [3.05, 3.63) is 23.8 Å². The number of anilines is 2. The molecule has 2 N–H and O–H groups in total. The number of amides is 1. The Kier molecular flexibility index (Phi) is 3.28. The molecule has 0 aliphatic heterocycles. The zero-order valence-electron chi connectivity index (χ0n) is 8.52. The van der Waals surface area contributed by atoms with Gasteiger partial charge >= 0.3 is 6.09 Å². The van der Waals surface area contributed by atoms with Crippen molar-refractivity contribution in [2.45, 2.75) is 0 Å². The van der Waals surface area contributed by atoms with Crippen molar-refractivity contribution < 1.29 is 14.7 Å². The van der Waals surface area contributed by atoms with Crippen LogP contribution in [-0.2, 0) is 0 Å². The van der Waals surface area contributed by atoms with Gasteiger partial charge in [-0.2, -0.15) is 0 Å². The van der Waals surface area contributed by atoms with Gasteiger partial charge in [-0.3, -0.25) is 10.1 Å². The van der Waals surface area contributed by atoms with E-state index in [1.807, 2.05) is 0 Å². The molecule has 15 heavy (non-hydrogen) atoms. The number of carboxylic acid groups (broad SMARTS) is 1. The van der Waals surface area contributed by atoms with E-state index in [4.69, 9.17) is 5.11 Å². The summed E-state index contributed by atoms with van der Waals surface area (Å²) in [6, 6.07) is 4.82. The van der Waals surface area contributed by atoms with Gasteiger partial charge in [0, 0.05) is 19.7 Å². The van der Waals surface area contributed by atoms with Crippen LogP contribution in [0.25, 0.3) is 0 Å². The highest BCUT2D eigenvalue weighted by molar-refractivity contribution is 5.91. The smallest absolute Gasteiger partial charge is 0.409 e. The van der Waals surface area contributed by atoms with Crippen LogP contribution in [-0.4, -0.2) is 31.6 Å². The summed E-state index contributed by atoms with van der Waals surface area (Å²) in [6.07, 6.45) is -0.479. The van der Waals surface area contributed by atoms with Crippen LogP contribution < -0.4 is 10.2 Å². The Labute approximate surface area is 87.3 Å². The number of rotatable bonds is 3. The largest absolute Gasteiger partial charge is 0.465 e. The molecule has 0 saturated carbocycles. The summed E-state index contributed by atoms with van der Waals surface area (Å²) in [5.41, 5.74) is 1.55. The summed E-state index contributed by atoms with van der Waals surface area (Å²) in [4.78, 5) is 22.8. The van der Waals surface area contributed by atoms with Crippen LogP contribution >= 0.6 is 0 Å². The first-order chi connectivity index (χ1) is 7.04. The molecule has 0 heterocycles. The zero-order chi connectivity index (χ0) is 11.4. The van der Waals surface area contributed by atoms with Crippen LogP contribution in [0.3, 0.4) is 0 Å². The molecule has 0 aliphatic carbocycles. The maximum absolute atomic E-state index is 10.5. The molecule has 0 aliphatic rings. The molecule has 0 unspecified atom stereocenters. The van der Waals surface area contributed by atoms with E-state index in [0.717, 1.165) is 0 Å². The molecule has 0 spiro atoms. The number of aldehydes is 1. The maximum Gasteiger partial charge on any atom is 0.409 e. The average Bonchev–Trinajstić information content (AvgIpc) is 2.16. The first kappa shape index (κ1) is 11.0. The second kappa shape index (κ2) is 4.45. The fraction of sp³-hybridized carbons (Fsp3) is 0.200. The molecule has 0 radical (unpaired) electrons. The van der Waals surface area contributed by atoms with E-state index in [1.54, 1.807) is 31.1 Å². The van der Waals surface area contributed by atoms with Crippen molar-refractivity contribution in [2.75, 3.05) is 24.3 Å². The van der Waals surface area contributed by atoms with Crippen molar-refractivity contribution in [1.82, 2.24) is 0 Å². The monoisotopic (exact) mass is 208 g/mol. The molecule has 5 heteroatoms. The van der Waals surface area contributed by atoms with E-state index < -0.39 is 6.09 Å². The molecule has 1 aromatic rings. The van der Waals surface area contributed by atoms with E-state index >= 15 is 0 Å². The van der Waals surface area contributed by atoms with Crippen molar-refractivity contribution in [3.63, 3.8) is 0 Å². The van der Waals surface area contributed by atoms with Crippen LogP contribution in [0.4, 0.5) is 16.2 Å². The van der Waals surface area contributed by atoms with Gasteiger partial charge in [0.15, 0.2) is 0 Å². The number of nitrogens with one attached hydrogen (secondary N) is 1. The SMILES string of the molecule is CN(C)c1ccc(C=O)cc1NC(=O)O. The lowest BCUT2D eigenvalue weighted by molar-refractivity contribution is 0.112. The van der Waals surface area contributed by atoms with E-state index in [-0.39, 0.29) is 0 Å². The van der Waals surface area contributed by atoms with Crippen LogP contribution in [0, 0.1) is 0 Å². The molecular formula is C10H12N2O3. The van der Waals surface area contributed by atoms with Gasteiger partial charge in [0.25, 0.3) is 0 Å². The molecule has 80 valence electrons. The molecule has 0 aromatic heterocycles. The van der Waals surface area contributed by atoms with Crippen LogP contribution in [0.5, 0.6) is 0 Å². The Morgan fingerprint density at radius 2 is 2.13 bits per heavy atom. The standard InChI is InChI=1S/C10H12N2O3/c1-12(2)9-4-3-7(6-13)5-8(9)11-10(14)15/h3-6,11H,1-2H3,(H,14,15). The predicted octanol–water partition coefficient (Wildman–Crippen LogP) is 1.65. The molecule has 0 saturated heterocycles. The third-order valence-corrected chi connectivity index (χ3v) is 1.88. The minimum atomic E-state index is -1.15. The van der Waals surface area contributed by atoms with E-state index in [0.29, 0.717) is 23.2 Å². The average molecular weight is 208 g/mol. The number of hydrogen-bond donors (Lipinski definition) is 2. The summed E-state index contributed by atoms with van der Waals surface area (Å²) in [7, 11) is 3.59. The topological polar surface area (TPSA) is 69.6 Å². The van der Waals surface area contributed by atoms with Crippen LogP contribution in [0.1, 0.15) is 10.4 Å². The van der Waals surface area contributed by atoms with Gasteiger partial charge in [-0.1, -0.05) is 0 Å². The number of nitrogens with zero attached hydrogens (tertiary/aromatic N) is 1. The van der Waals surface area contributed by atoms with Gasteiger partial charge in [-0.25, -0.2) is 4.79 Å². The molecule has 0 bridgehead atoms. The summed E-state index contributed by atoms with van der Waals surface area (Å²) < 4.78 is 0. The second-order valence-corrected chi connectivity index (χ2v) is 3.22. The highest BCUT2D eigenvalue weighted by Gasteiger charge is 2.07. The number of carbonyl (C=O) groups excluding carboxylic acids is 1. The maximum atomic E-state index is 10.5. The Balaban J connectivity index is 3.15. The first-order valence-corrected chi connectivity index (χ1v) is 4.31. The van der Waals surface area contributed by atoms with Crippen LogP contribution in [0.2, 0.25) is 0 Å². The van der Waals surface area contributed by atoms with Crippen molar-refractivity contribution in [1.29, 1.82) is 0 Å². The fourth-order valence-electron chi connectivity index (χ4n) is 1.23. The summed E-state index contributed by atoms with van der Waals surface area (Å²) in [5.74, 6) is 0. The third kappa shape index (κ3) is 2.70. The lowest BCUT2D eigenvalue weighted by atomic mass is 10.2. The summed E-state index contributed by atoms with van der Waals surface area (Å²) in [6.45, 7) is 0. The van der Waals surface area contributed by atoms with Crippen molar-refractivity contribution >= 4 is 23.8 Å². The van der Waals surface area contributed by atoms with Gasteiger partial charge in [0.05, 0.1) is 11.4 Å². The minimum Gasteiger partial charge on any atom is -0.465 e. The van der Waals surface area contributed by atoms with E-state index in [9.17, 15) is 9.59 Å². The Hall–Kier alpha value is -2.04. The van der Waals surface area contributed by atoms with Gasteiger partial charge in [0.1, 0.15) is 6.29 Å². The van der Waals surface area contributed by atoms with Gasteiger partial charge in [-0.05, 0) is 18.2 Å². The summed E-state index contributed by atoms with van der Waals surface area (Å²) >= 11 is 0. The van der Waals surface area contributed by atoms with E-state index in [1.165, 1.54) is 6.07 Å². The van der Waals surface area contributed by atoms with Crippen LogP contribution in [0.15, 0.2) is 18.2 Å². The molecular weight excluding hydrogens is 196 g/mol. The molecule has 1 amide bonds. The minimum absolute atomic E-state index is 0.400. The van der Waals surface area contributed by atoms with Crippen molar-refractivity contribution in [3.8, 4) is 0 Å². The highest BCUT2D eigenvalue weighted by Crippen LogP contribution is 2.24. The Bertz CT molecular complexity index is 388. The Morgan fingerprint density at radius 1 is 1.47 bits per heavy atom. The van der Waals surface area contributed by atoms with E-state index in [2.05, 4.69) is 5.32 Å². The number of hydrogen-bond acceptors (Lipinski definition) is 3.